The molecule has 3 rings (SSSR count). The lowest BCUT2D eigenvalue weighted by Gasteiger charge is -2.10. The Bertz CT molecular complexity index is 665. The number of aromatic amines is 1. The molecule has 0 bridgehead atoms. The first-order valence-electron chi connectivity index (χ1n) is 5.32. The van der Waals surface area contributed by atoms with Gasteiger partial charge in [-0.1, -0.05) is 0 Å². The standard InChI is InChI=1S/C11H10Br2N4O/c12-5-1-4-6(2-8(5)18)16-10(13)9(4)7-3-15-11(14)17-7/h1-2,7,16,18H,3H2,(H3,14,15,17). The van der Waals surface area contributed by atoms with Crippen LogP contribution in [0.25, 0.3) is 10.9 Å². The first-order valence-corrected chi connectivity index (χ1v) is 6.91. The number of hydrogen-bond donors (Lipinski definition) is 4. The zero-order valence-electron chi connectivity index (χ0n) is 9.17. The summed E-state index contributed by atoms with van der Waals surface area (Å²) in [6, 6.07) is 3.62. The molecule has 7 heteroatoms. The zero-order chi connectivity index (χ0) is 12.9. The molecule has 0 aliphatic carbocycles. The van der Waals surface area contributed by atoms with E-state index in [1.807, 2.05) is 6.07 Å². The van der Waals surface area contributed by atoms with Crippen molar-refractivity contribution in [2.45, 2.75) is 6.04 Å². The molecule has 18 heavy (non-hydrogen) atoms. The van der Waals surface area contributed by atoms with E-state index in [1.165, 1.54) is 0 Å². The number of rotatable bonds is 1. The zero-order valence-corrected chi connectivity index (χ0v) is 12.3. The Morgan fingerprint density at radius 3 is 2.83 bits per heavy atom. The van der Waals surface area contributed by atoms with Crippen LogP contribution in [0.4, 0.5) is 0 Å². The van der Waals surface area contributed by atoms with Crippen molar-refractivity contribution in [3.63, 3.8) is 0 Å². The number of H-pyrrole nitrogens is 1. The fraction of sp³-hybridized carbons (Fsp3) is 0.182. The van der Waals surface area contributed by atoms with Gasteiger partial charge in [-0.2, -0.15) is 0 Å². The Morgan fingerprint density at radius 1 is 1.39 bits per heavy atom. The quantitative estimate of drug-likeness (QED) is 0.618. The molecule has 1 aromatic heterocycles. The maximum absolute atomic E-state index is 9.68. The van der Waals surface area contributed by atoms with Crippen molar-refractivity contribution < 1.29 is 5.11 Å². The van der Waals surface area contributed by atoms with Crippen LogP contribution < -0.4 is 11.1 Å². The third-order valence-electron chi connectivity index (χ3n) is 2.97. The summed E-state index contributed by atoms with van der Waals surface area (Å²) in [5, 5.41) is 13.8. The van der Waals surface area contributed by atoms with Crippen molar-refractivity contribution >= 4 is 48.7 Å². The van der Waals surface area contributed by atoms with Gasteiger partial charge in [0, 0.05) is 17.0 Å². The van der Waals surface area contributed by atoms with Crippen LogP contribution in [-0.2, 0) is 0 Å². The van der Waals surface area contributed by atoms with Gasteiger partial charge in [0.15, 0.2) is 5.96 Å². The SMILES string of the molecule is NC1=NCC(c2c(Br)[nH]c3cc(O)c(Br)cc23)N1. The number of aromatic nitrogens is 1. The predicted octanol–water partition coefficient (Wildman–Crippen LogP) is 2.36. The van der Waals surface area contributed by atoms with Gasteiger partial charge in [0.2, 0.25) is 0 Å². The highest BCUT2D eigenvalue weighted by molar-refractivity contribution is 9.10. The second-order valence-electron chi connectivity index (χ2n) is 4.12. The molecule has 2 aromatic rings. The number of nitrogens with one attached hydrogen (secondary N) is 2. The number of phenols is 1. The van der Waals surface area contributed by atoms with Gasteiger partial charge in [0.1, 0.15) is 5.75 Å². The van der Waals surface area contributed by atoms with E-state index in [9.17, 15) is 5.11 Å². The van der Waals surface area contributed by atoms with Gasteiger partial charge in [-0.3, -0.25) is 4.99 Å². The molecule has 0 saturated heterocycles. The number of nitrogens with two attached hydrogens (primary N) is 1. The second kappa shape index (κ2) is 4.17. The lowest BCUT2D eigenvalue weighted by Crippen LogP contribution is -2.29. The second-order valence-corrected chi connectivity index (χ2v) is 5.77. The summed E-state index contributed by atoms with van der Waals surface area (Å²) in [6.45, 7) is 0.607. The van der Waals surface area contributed by atoms with Crippen LogP contribution in [0.15, 0.2) is 26.2 Å². The average Bonchev–Trinajstić information content (AvgIpc) is 2.83. The molecule has 5 N–H and O–H groups in total. The molecule has 0 spiro atoms. The number of halogens is 2. The number of fused-ring (bicyclic) bond motifs is 1. The molecular weight excluding hydrogens is 364 g/mol. The maximum Gasteiger partial charge on any atom is 0.189 e. The average molecular weight is 374 g/mol. The molecule has 1 unspecified atom stereocenters. The molecular formula is C11H10Br2N4O. The van der Waals surface area contributed by atoms with Crippen molar-refractivity contribution in [3.8, 4) is 5.75 Å². The van der Waals surface area contributed by atoms with E-state index < -0.39 is 0 Å². The number of phenolic OH excluding ortho intramolecular Hbond substituents is 1. The number of nitrogens with zero attached hydrogens (tertiary/aromatic N) is 1. The summed E-state index contributed by atoms with van der Waals surface area (Å²) in [4.78, 5) is 7.34. The van der Waals surface area contributed by atoms with E-state index in [2.05, 4.69) is 47.2 Å². The van der Waals surface area contributed by atoms with Crippen LogP contribution in [0.5, 0.6) is 5.75 Å². The largest absolute Gasteiger partial charge is 0.507 e. The Kier molecular flexibility index (Phi) is 2.74. The van der Waals surface area contributed by atoms with E-state index in [0.717, 1.165) is 21.1 Å². The van der Waals surface area contributed by atoms with Gasteiger partial charge >= 0.3 is 0 Å². The fourth-order valence-corrected chi connectivity index (χ4v) is 3.20. The Hall–Kier alpha value is -1.21. The molecule has 2 heterocycles. The minimum absolute atomic E-state index is 0.0459. The summed E-state index contributed by atoms with van der Waals surface area (Å²) < 4.78 is 1.53. The van der Waals surface area contributed by atoms with Crippen molar-refractivity contribution in [2.24, 2.45) is 10.7 Å². The number of benzene rings is 1. The van der Waals surface area contributed by atoms with E-state index in [-0.39, 0.29) is 11.8 Å². The molecule has 1 atom stereocenters. The topological polar surface area (TPSA) is 86.4 Å². The molecule has 5 nitrogen and oxygen atoms in total. The van der Waals surface area contributed by atoms with Gasteiger partial charge in [-0.15, -0.1) is 0 Å². The van der Waals surface area contributed by atoms with Crippen LogP contribution >= 0.6 is 31.9 Å². The smallest absolute Gasteiger partial charge is 0.189 e. The van der Waals surface area contributed by atoms with E-state index in [4.69, 9.17) is 5.73 Å². The molecule has 1 aliphatic heterocycles. The summed E-state index contributed by atoms with van der Waals surface area (Å²) in [5.74, 6) is 0.664. The van der Waals surface area contributed by atoms with Crippen molar-refractivity contribution in [1.29, 1.82) is 0 Å². The number of aromatic hydroxyl groups is 1. The highest BCUT2D eigenvalue weighted by Crippen LogP contribution is 2.37. The van der Waals surface area contributed by atoms with Crippen LogP contribution in [-0.4, -0.2) is 22.6 Å². The van der Waals surface area contributed by atoms with Gasteiger partial charge in [-0.05, 0) is 37.9 Å². The van der Waals surface area contributed by atoms with E-state index >= 15 is 0 Å². The number of hydrogen-bond acceptors (Lipinski definition) is 4. The summed E-state index contributed by atoms with van der Waals surface area (Å²) in [5.41, 5.74) is 7.57. The predicted molar refractivity (Wildman–Crippen MR) is 77.7 cm³/mol. The fourth-order valence-electron chi connectivity index (χ4n) is 2.16. The van der Waals surface area contributed by atoms with E-state index in [1.54, 1.807) is 6.07 Å². The van der Waals surface area contributed by atoms with Gasteiger partial charge in [0.25, 0.3) is 0 Å². The lowest BCUT2D eigenvalue weighted by molar-refractivity contribution is 0.472. The molecule has 94 valence electrons. The van der Waals surface area contributed by atoms with Crippen LogP contribution in [0.2, 0.25) is 0 Å². The normalized spacial score (nSPS) is 19.0. The Balaban J connectivity index is 2.17. The minimum Gasteiger partial charge on any atom is -0.507 e. The van der Waals surface area contributed by atoms with Gasteiger partial charge in [0.05, 0.1) is 27.2 Å². The Labute approximate surface area is 120 Å². The summed E-state index contributed by atoms with van der Waals surface area (Å²) in [6.07, 6.45) is 0. The molecule has 0 fully saturated rings. The molecule has 1 aromatic carbocycles. The summed E-state index contributed by atoms with van der Waals surface area (Å²) >= 11 is 6.83. The highest BCUT2D eigenvalue weighted by atomic mass is 79.9. The molecule has 0 saturated carbocycles. The highest BCUT2D eigenvalue weighted by Gasteiger charge is 2.24. The lowest BCUT2D eigenvalue weighted by atomic mass is 10.1. The molecule has 0 amide bonds. The van der Waals surface area contributed by atoms with Crippen LogP contribution in [0.3, 0.4) is 0 Å². The van der Waals surface area contributed by atoms with Crippen molar-refractivity contribution in [1.82, 2.24) is 10.3 Å². The first kappa shape index (κ1) is 11.9. The monoisotopic (exact) mass is 372 g/mol. The number of guanidine groups is 1. The molecule has 1 aliphatic rings. The first-order chi connectivity index (χ1) is 8.56. The maximum atomic E-state index is 9.68. The van der Waals surface area contributed by atoms with Crippen molar-refractivity contribution in [3.05, 3.63) is 26.8 Å². The molecule has 0 radical (unpaired) electrons. The van der Waals surface area contributed by atoms with Crippen LogP contribution in [0.1, 0.15) is 11.6 Å². The van der Waals surface area contributed by atoms with Crippen LogP contribution in [0, 0.1) is 0 Å². The minimum atomic E-state index is 0.0459. The third-order valence-corrected chi connectivity index (χ3v) is 4.23. The summed E-state index contributed by atoms with van der Waals surface area (Å²) in [7, 11) is 0. The number of aliphatic imine (C=N–C) groups is 1. The van der Waals surface area contributed by atoms with Gasteiger partial charge in [-0.25, -0.2) is 0 Å². The van der Waals surface area contributed by atoms with E-state index in [0.29, 0.717) is 17.0 Å². The van der Waals surface area contributed by atoms with Gasteiger partial charge < -0.3 is 21.1 Å². The third kappa shape index (κ3) is 1.78. The Morgan fingerprint density at radius 2 is 2.17 bits per heavy atom. The van der Waals surface area contributed by atoms with Crippen molar-refractivity contribution in [2.75, 3.05) is 6.54 Å².